The van der Waals surface area contributed by atoms with Crippen molar-refractivity contribution >= 4 is 5.97 Å². The molecule has 0 aromatic heterocycles. The summed E-state index contributed by atoms with van der Waals surface area (Å²) in [5.41, 5.74) is 0.548. The second kappa shape index (κ2) is 5.98. The molecule has 0 aliphatic heterocycles. The zero-order chi connectivity index (χ0) is 14.1. The Bertz CT molecular complexity index is 453. The molecule has 0 saturated carbocycles. The fraction of sp³-hybridized carbons (Fsp3) is 0.533. The second-order valence-electron chi connectivity index (χ2n) is 6.45. The SMILES string of the molecule is CC(C)(C)Oc1c(C(=O)O)cccc1C(C)(C)C.[Cu]. The maximum atomic E-state index is 11.3. The van der Waals surface area contributed by atoms with Crippen LogP contribution in [0.3, 0.4) is 0 Å². The van der Waals surface area contributed by atoms with Gasteiger partial charge in [0.1, 0.15) is 16.9 Å². The summed E-state index contributed by atoms with van der Waals surface area (Å²) in [4.78, 5) is 11.3. The Balaban J connectivity index is 0.00000324. The van der Waals surface area contributed by atoms with Crippen LogP contribution < -0.4 is 4.74 Å². The van der Waals surface area contributed by atoms with Crippen molar-refractivity contribution in [2.75, 3.05) is 0 Å². The van der Waals surface area contributed by atoms with E-state index >= 15 is 0 Å². The monoisotopic (exact) mass is 313 g/mol. The van der Waals surface area contributed by atoms with Gasteiger partial charge in [-0.2, -0.15) is 0 Å². The summed E-state index contributed by atoms with van der Waals surface area (Å²) < 4.78 is 5.87. The Morgan fingerprint density at radius 2 is 1.63 bits per heavy atom. The van der Waals surface area contributed by atoms with Gasteiger partial charge in [0.15, 0.2) is 0 Å². The number of para-hydroxylation sites is 1. The van der Waals surface area contributed by atoms with Crippen LogP contribution in [0.1, 0.15) is 57.5 Å². The first kappa shape index (κ1) is 18.0. The van der Waals surface area contributed by atoms with Gasteiger partial charge in [-0.1, -0.05) is 32.9 Å². The third kappa shape index (κ3) is 4.88. The number of ether oxygens (including phenoxy) is 1. The molecule has 0 saturated heterocycles. The number of hydrogen-bond acceptors (Lipinski definition) is 2. The average Bonchev–Trinajstić information content (AvgIpc) is 2.13. The average molecular weight is 314 g/mol. The van der Waals surface area contributed by atoms with Crippen LogP contribution >= 0.6 is 0 Å². The topological polar surface area (TPSA) is 46.5 Å². The molecule has 0 aliphatic rings. The van der Waals surface area contributed by atoms with Gasteiger partial charge < -0.3 is 9.84 Å². The van der Waals surface area contributed by atoms with Crippen LogP contribution in [0.15, 0.2) is 18.2 Å². The molecule has 0 atom stereocenters. The Hall–Kier alpha value is -0.991. The van der Waals surface area contributed by atoms with Crippen molar-refractivity contribution in [2.24, 2.45) is 0 Å². The van der Waals surface area contributed by atoms with Crippen molar-refractivity contribution in [2.45, 2.75) is 52.6 Å². The summed E-state index contributed by atoms with van der Waals surface area (Å²) in [6.45, 7) is 11.9. The molecule has 0 fully saturated rings. The Morgan fingerprint density at radius 3 is 2.00 bits per heavy atom. The van der Waals surface area contributed by atoms with Crippen molar-refractivity contribution < 1.29 is 31.7 Å². The summed E-state index contributed by atoms with van der Waals surface area (Å²) in [6.07, 6.45) is 0. The second-order valence-corrected chi connectivity index (χ2v) is 6.45. The molecule has 3 nitrogen and oxygen atoms in total. The van der Waals surface area contributed by atoms with Crippen molar-refractivity contribution in [3.63, 3.8) is 0 Å². The van der Waals surface area contributed by atoms with E-state index in [-0.39, 0.29) is 28.0 Å². The third-order valence-electron chi connectivity index (χ3n) is 2.46. The summed E-state index contributed by atoms with van der Waals surface area (Å²) in [7, 11) is 0. The molecule has 0 aliphatic carbocycles. The summed E-state index contributed by atoms with van der Waals surface area (Å²) in [6, 6.07) is 5.27. The molecule has 0 heterocycles. The Labute approximate surface area is 125 Å². The van der Waals surface area contributed by atoms with E-state index in [9.17, 15) is 9.90 Å². The van der Waals surface area contributed by atoms with Crippen LogP contribution in [0.2, 0.25) is 0 Å². The maximum Gasteiger partial charge on any atom is 0.339 e. The maximum absolute atomic E-state index is 11.3. The molecule has 0 amide bonds. The van der Waals surface area contributed by atoms with Gasteiger partial charge in [-0.3, -0.25) is 0 Å². The summed E-state index contributed by atoms with van der Waals surface area (Å²) in [5, 5.41) is 9.27. The Kier molecular flexibility index (Phi) is 5.66. The fourth-order valence-corrected chi connectivity index (χ4v) is 1.71. The minimum Gasteiger partial charge on any atom is -0.487 e. The van der Waals surface area contributed by atoms with E-state index < -0.39 is 11.6 Å². The molecule has 0 bridgehead atoms. The molecule has 111 valence electrons. The molecule has 1 radical (unpaired) electrons. The van der Waals surface area contributed by atoms with Crippen LogP contribution in [0.4, 0.5) is 0 Å². The van der Waals surface area contributed by atoms with Gasteiger partial charge in [-0.05, 0) is 32.3 Å². The number of rotatable bonds is 2. The first-order chi connectivity index (χ1) is 8.02. The van der Waals surface area contributed by atoms with E-state index in [2.05, 4.69) is 0 Å². The molecular formula is C15H22CuO3. The predicted molar refractivity (Wildman–Crippen MR) is 72.5 cm³/mol. The van der Waals surface area contributed by atoms with Gasteiger partial charge in [0.05, 0.1) is 0 Å². The molecule has 1 aromatic carbocycles. The number of carboxylic acids is 1. The molecule has 1 rings (SSSR count). The van der Waals surface area contributed by atoms with Crippen molar-refractivity contribution in [1.29, 1.82) is 0 Å². The summed E-state index contributed by atoms with van der Waals surface area (Å²) >= 11 is 0. The van der Waals surface area contributed by atoms with Gasteiger partial charge in [-0.15, -0.1) is 0 Å². The quantitative estimate of drug-likeness (QED) is 0.843. The van der Waals surface area contributed by atoms with Crippen LogP contribution in [-0.4, -0.2) is 16.7 Å². The molecule has 0 spiro atoms. The number of hydrogen-bond donors (Lipinski definition) is 1. The van der Waals surface area contributed by atoms with Crippen molar-refractivity contribution in [3.8, 4) is 5.75 Å². The van der Waals surface area contributed by atoms with Crippen LogP contribution in [-0.2, 0) is 22.5 Å². The van der Waals surface area contributed by atoms with Crippen LogP contribution in [0, 0.1) is 0 Å². The zero-order valence-electron chi connectivity index (χ0n) is 12.3. The standard InChI is InChI=1S/C15H22O3.Cu/c1-14(2,3)11-9-7-8-10(13(16)17)12(11)18-15(4,5)6;/h7-9H,1-6H3,(H,16,17);. The Morgan fingerprint density at radius 1 is 1.11 bits per heavy atom. The predicted octanol–water partition coefficient (Wildman–Crippen LogP) is 3.86. The first-order valence-electron chi connectivity index (χ1n) is 6.08. The molecule has 0 unspecified atom stereocenters. The third-order valence-corrected chi connectivity index (χ3v) is 2.46. The number of aromatic carboxylic acids is 1. The smallest absolute Gasteiger partial charge is 0.339 e. The number of carboxylic acid groups (broad SMARTS) is 1. The fourth-order valence-electron chi connectivity index (χ4n) is 1.71. The van der Waals surface area contributed by atoms with Crippen molar-refractivity contribution in [1.82, 2.24) is 0 Å². The van der Waals surface area contributed by atoms with Gasteiger partial charge in [0, 0.05) is 22.6 Å². The zero-order valence-corrected chi connectivity index (χ0v) is 13.2. The minimum absolute atomic E-state index is 0. The van der Waals surface area contributed by atoms with Crippen molar-refractivity contribution in [3.05, 3.63) is 29.3 Å². The molecule has 19 heavy (non-hydrogen) atoms. The largest absolute Gasteiger partial charge is 0.487 e. The van der Waals surface area contributed by atoms with E-state index in [0.717, 1.165) is 5.56 Å². The van der Waals surface area contributed by atoms with E-state index in [1.807, 2.05) is 47.6 Å². The first-order valence-corrected chi connectivity index (χ1v) is 6.08. The van der Waals surface area contributed by atoms with E-state index in [4.69, 9.17) is 4.74 Å². The van der Waals surface area contributed by atoms with Gasteiger partial charge >= 0.3 is 5.97 Å². The number of benzene rings is 1. The molecular weight excluding hydrogens is 292 g/mol. The normalized spacial score (nSPS) is 11.7. The van der Waals surface area contributed by atoms with Crippen LogP contribution in [0.5, 0.6) is 5.75 Å². The van der Waals surface area contributed by atoms with E-state index in [1.165, 1.54) is 0 Å². The van der Waals surface area contributed by atoms with Gasteiger partial charge in [0.2, 0.25) is 0 Å². The van der Waals surface area contributed by atoms with Crippen LogP contribution in [0.25, 0.3) is 0 Å². The molecule has 4 heteroatoms. The van der Waals surface area contributed by atoms with Gasteiger partial charge in [0.25, 0.3) is 0 Å². The minimum atomic E-state index is -0.958. The van der Waals surface area contributed by atoms with Gasteiger partial charge in [-0.25, -0.2) is 4.79 Å². The van der Waals surface area contributed by atoms with E-state index in [1.54, 1.807) is 12.1 Å². The number of carbonyl (C=O) groups is 1. The molecule has 1 N–H and O–H groups in total. The summed E-state index contributed by atoms with van der Waals surface area (Å²) in [5.74, 6) is -0.481. The molecule has 1 aromatic rings. The van der Waals surface area contributed by atoms with E-state index in [0.29, 0.717) is 5.75 Å².